The molecule has 3 aromatic rings. The Bertz CT molecular complexity index is 1190. The van der Waals surface area contributed by atoms with Crippen molar-refractivity contribution in [2.24, 2.45) is 0 Å². The molecule has 0 spiro atoms. The van der Waals surface area contributed by atoms with Gasteiger partial charge >= 0.3 is 11.9 Å². The Labute approximate surface area is 213 Å². The number of methoxy groups -OCH3 is 1. The molecular formula is C27H29BrO7. The highest BCUT2D eigenvalue weighted by Gasteiger charge is 2.27. The van der Waals surface area contributed by atoms with Crippen LogP contribution < -0.4 is 14.2 Å². The zero-order chi connectivity index (χ0) is 26.3. The molecule has 3 rings (SSSR count). The summed E-state index contributed by atoms with van der Waals surface area (Å²) in [6.07, 6.45) is 0. The molecule has 35 heavy (non-hydrogen) atoms. The maximum absolute atomic E-state index is 13.1. The Morgan fingerprint density at radius 1 is 0.971 bits per heavy atom. The number of carbonyl (C=O) groups excluding carboxylic acids is 1. The molecular weight excluding hydrogens is 516 g/mol. The van der Waals surface area contributed by atoms with Crippen molar-refractivity contribution in [1.29, 1.82) is 0 Å². The zero-order valence-corrected chi connectivity index (χ0v) is 22.1. The second-order valence-corrected chi connectivity index (χ2v) is 8.20. The van der Waals surface area contributed by atoms with E-state index in [1.165, 1.54) is 14.0 Å². The van der Waals surface area contributed by atoms with Crippen LogP contribution in [0.1, 0.15) is 56.8 Å². The summed E-state index contributed by atoms with van der Waals surface area (Å²) in [6, 6.07) is 13.0. The van der Waals surface area contributed by atoms with Gasteiger partial charge in [-0.1, -0.05) is 44.2 Å². The number of rotatable bonds is 7. The van der Waals surface area contributed by atoms with Gasteiger partial charge < -0.3 is 24.4 Å². The number of hydrogen-bond donors (Lipinski definition) is 2. The molecule has 8 heteroatoms. The van der Waals surface area contributed by atoms with Crippen LogP contribution in [0.2, 0.25) is 0 Å². The Hall–Kier alpha value is -3.52. The Balaban J connectivity index is 0.00000210. The molecule has 0 saturated heterocycles. The summed E-state index contributed by atoms with van der Waals surface area (Å²) in [5.74, 6) is -1.69. The number of carboxylic acids is 1. The van der Waals surface area contributed by atoms with Gasteiger partial charge in [-0.05, 0) is 65.0 Å². The maximum atomic E-state index is 13.1. The van der Waals surface area contributed by atoms with E-state index in [0.29, 0.717) is 29.0 Å². The van der Waals surface area contributed by atoms with E-state index < -0.39 is 17.7 Å². The molecule has 0 aliphatic carbocycles. The average molecular weight is 545 g/mol. The fourth-order valence-corrected chi connectivity index (χ4v) is 3.99. The van der Waals surface area contributed by atoms with Crippen LogP contribution in [0.4, 0.5) is 0 Å². The number of carboxylic acid groups (broad SMARTS) is 1. The van der Waals surface area contributed by atoms with Crippen molar-refractivity contribution in [3.8, 4) is 23.0 Å². The standard InChI is InChI=1S/C25H23BrO7.C2H6/c1-13-10-17(32-12-16-8-6-5-7-9-16)11-18(31-4)19(13)25(30)33-23-15(3)14(2)20(24(28)29)22(27)21(23)26;1-2/h5-11,27H,12H2,1-4H3,(H,28,29);1-2H3. The number of aromatic hydroxyl groups is 1. The lowest BCUT2D eigenvalue weighted by Crippen LogP contribution is -2.14. The SMILES string of the molecule is CC.COc1cc(OCc2ccccc2)cc(C)c1C(=O)Oc1c(C)c(C)c(C(=O)O)c(O)c1Br. The van der Waals surface area contributed by atoms with Crippen LogP contribution in [-0.2, 0) is 6.61 Å². The van der Waals surface area contributed by atoms with Gasteiger partial charge in [-0.25, -0.2) is 9.59 Å². The second kappa shape index (κ2) is 12.3. The van der Waals surface area contributed by atoms with Gasteiger partial charge in [-0.3, -0.25) is 0 Å². The first-order valence-electron chi connectivity index (χ1n) is 11.0. The molecule has 2 N–H and O–H groups in total. The number of aryl methyl sites for hydroxylation is 1. The van der Waals surface area contributed by atoms with Crippen LogP contribution in [-0.4, -0.2) is 29.3 Å². The topological polar surface area (TPSA) is 102 Å². The number of ether oxygens (including phenoxy) is 3. The van der Waals surface area contributed by atoms with Gasteiger partial charge in [0, 0.05) is 6.07 Å². The second-order valence-electron chi connectivity index (χ2n) is 7.40. The third-order valence-electron chi connectivity index (χ3n) is 5.28. The van der Waals surface area contributed by atoms with Gasteiger partial charge in [0.25, 0.3) is 0 Å². The van der Waals surface area contributed by atoms with E-state index in [4.69, 9.17) is 14.2 Å². The first-order valence-corrected chi connectivity index (χ1v) is 11.8. The molecule has 0 aliphatic heterocycles. The number of carbonyl (C=O) groups is 2. The van der Waals surface area contributed by atoms with Gasteiger partial charge in [0.15, 0.2) is 5.75 Å². The lowest BCUT2D eigenvalue weighted by Gasteiger charge is -2.18. The molecule has 7 nitrogen and oxygen atoms in total. The predicted molar refractivity (Wildman–Crippen MR) is 137 cm³/mol. The maximum Gasteiger partial charge on any atom is 0.347 e. The number of benzene rings is 3. The molecule has 186 valence electrons. The normalized spacial score (nSPS) is 10.1. The number of halogens is 1. The minimum Gasteiger partial charge on any atom is -0.506 e. The van der Waals surface area contributed by atoms with Crippen molar-refractivity contribution in [2.45, 2.75) is 41.2 Å². The first-order chi connectivity index (χ1) is 16.6. The van der Waals surface area contributed by atoms with Crippen LogP contribution in [0.5, 0.6) is 23.0 Å². The molecule has 0 unspecified atom stereocenters. The minimum absolute atomic E-state index is 0.0178. The van der Waals surface area contributed by atoms with E-state index in [0.717, 1.165) is 5.56 Å². The fraction of sp³-hybridized carbons (Fsp3) is 0.259. The zero-order valence-electron chi connectivity index (χ0n) is 20.6. The summed E-state index contributed by atoms with van der Waals surface area (Å²) in [6.45, 7) is 9.23. The minimum atomic E-state index is -1.28. The van der Waals surface area contributed by atoms with E-state index in [2.05, 4.69) is 15.9 Å². The summed E-state index contributed by atoms with van der Waals surface area (Å²) in [7, 11) is 1.44. The van der Waals surface area contributed by atoms with Gasteiger partial charge in [0.05, 0.1) is 7.11 Å². The number of aromatic carboxylic acids is 1. The molecule has 0 amide bonds. The third kappa shape index (κ3) is 6.14. The van der Waals surface area contributed by atoms with E-state index in [1.807, 2.05) is 44.2 Å². The largest absolute Gasteiger partial charge is 0.506 e. The summed E-state index contributed by atoms with van der Waals surface area (Å²) in [5.41, 5.74) is 2.20. The van der Waals surface area contributed by atoms with Crippen molar-refractivity contribution in [3.63, 3.8) is 0 Å². The summed E-state index contributed by atoms with van der Waals surface area (Å²) >= 11 is 3.15. The number of hydrogen-bond acceptors (Lipinski definition) is 6. The van der Waals surface area contributed by atoms with Crippen LogP contribution in [0.25, 0.3) is 0 Å². The van der Waals surface area contributed by atoms with E-state index in [1.54, 1.807) is 26.0 Å². The quantitative estimate of drug-likeness (QED) is 0.254. The van der Waals surface area contributed by atoms with Gasteiger partial charge in [0.2, 0.25) is 0 Å². The van der Waals surface area contributed by atoms with Crippen molar-refractivity contribution < 1.29 is 34.0 Å². The van der Waals surface area contributed by atoms with Gasteiger partial charge in [-0.15, -0.1) is 0 Å². The van der Waals surface area contributed by atoms with Crippen molar-refractivity contribution in [3.05, 3.63) is 80.3 Å². The highest BCUT2D eigenvalue weighted by atomic mass is 79.9. The summed E-state index contributed by atoms with van der Waals surface area (Å²) in [5, 5.41) is 19.7. The van der Waals surface area contributed by atoms with Crippen LogP contribution in [0.15, 0.2) is 46.9 Å². The molecule has 0 heterocycles. The van der Waals surface area contributed by atoms with Gasteiger partial charge in [-0.2, -0.15) is 0 Å². The number of phenols is 1. The Kier molecular flexibility index (Phi) is 9.71. The molecule has 3 aromatic carbocycles. The summed E-state index contributed by atoms with van der Waals surface area (Å²) in [4.78, 5) is 24.6. The van der Waals surface area contributed by atoms with Gasteiger partial charge in [0.1, 0.15) is 39.5 Å². The van der Waals surface area contributed by atoms with Crippen molar-refractivity contribution >= 4 is 27.9 Å². The smallest absolute Gasteiger partial charge is 0.347 e. The molecule has 0 aromatic heterocycles. The molecule has 0 aliphatic rings. The predicted octanol–water partition coefficient (Wildman–Crippen LogP) is 6.61. The highest BCUT2D eigenvalue weighted by Crippen LogP contribution is 2.42. The van der Waals surface area contributed by atoms with E-state index >= 15 is 0 Å². The fourth-order valence-electron chi connectivity index (χ4n) is 3.41. The number of esters is 1. The third-order valence-corrected chi connectivity index (χ3v) is 6.01. The Morgan fingerprint density at radius 3 is 2.17 bits per heavy atom. The van der Waals surface area contributed by atoms with Crippen LogP contribution in [0, 0.1) is 20.8 Å². The lowest BCUT2D eigenvalue weighted by molar-refractivity contribution is 0.0692. The first kappa shape index (κ1) is 27.7. The molecule has 0 saturated carbocycles. The monoisotopic (exact) mass is 544 g/mol. The van der Waals surface area contributed by atoms with Crippen molar-refractivity contribution in [2.75, 3.05) is 7.11 Å². The highest BCUT2D eigenvalue weighted by molar-refractivity contribution is 9.10. The van der Waals surface area contributed by atoms with E-state index in [-0.39, 0.29) is 27.1 Å². The molecule has 0 atom stereocenters. The van der Waals surface area contributed by atoms with Crippen LogP contribution in [0.3, 0.4) is 0 Å². The van der Waals surface area contributed by atoms with Crippen molar-refractivity contribution in [1.82, 2.24) is 0 Å². The average Bonchev–Trinajstić information content (AvgIpc) is 2.85. The molecule has 0 bridgehead atoms. The Morgan fingerprint density at radius 2 is 1.60 bits per heavy atom. The van der Waals surface area contributed by atoms with Crippen LogP contribution >= 0.6 is 15.9 Å². The molecule has 0 radical (unpaired) electrons. The summed E-state index contributed by atoms with van der Waals surface area (Å²) < 4.78 is 16.8. The lowest BCUT2D eigenvalue weighted by atomic mass is 10.0. The molecule has 0 fully saturated rings. The van der Waals surface area contributed by atoms with E-state index in [9.17, 15) is 19.8 Å².